The summed E-state index contributed by atoms with van der Waals surface area (Å²) in [5.41, 5.74) is 5.05. The van der Waals surface area contributed by atoms with Crippen LogP contribution < -0.4 is 0 Å². The van der Waals surface area contributed by atoms with Gasteiger partial charge in [-0.2, -0.15) is 5.26 Å². The van der Waals surface area contributed by atoms with Crippen LogP contribution in [0.1, 0.15) is 42.4 Å². The van der Waals surface area contributed by atoms with Gasteiger partial charge in [-0.1, -0.05) is 60.5 Å². The van der Waals surface area contributed by atoms with Crippen LogP contribution in [0.3, 0.4) is 0 Å². The lowest BCUT2D eigenvalue weighted by atomic mass is 9.83. The van der Waals surface area contributed by atoms with Crippen molar-refractivity contribution in [3.8, 4) is 6.07 Å². The summed E-state index contributed by atoms with van der Waals surface area (Å²) in [5.74, 6) is 0. The van der Waals surface area contributed by atoms with Crippen molar-refractivity contribution in [1.29, 1.82) is 5.26 Å². The van der Waals surface area contributed by atoms with Crippen molar-refractivity contribution < 1.29 is 0 Å². The highest BCUT2D eigenvalue weighted by atomic mass is 15.2. The molecule has 126 valence electrons. The van der Waals surface area contributed by atoms with Gasteiger partial charge in [0.05, 0.1) is 11.6 Å². The molecular weight excluding hydrogens is 304 g/mol. The Morgan fingerprint density at radius 1 is 0.960 bits per heavy atom. The molecule has 2 aliphatic rings. The number of piperidine rings is 1. The molecule has 2 unspecified atom stereocenters. The van der Waals surface area contributed by atoms with E-state index in [-0.39, 0.29) is 0 Å². The van der Waals surface area contributed by atoms with Gasteiger partial charge in [0, 0.05) is 18.6 Å². The summed E-state index contributed by atoms with van der Waals surface area (Å²) in [6.45, 7) is 1.07. The van der Waals surface area contributed by atoms with Crippen LogP contribution in [-0.2, 0) is 13.0 Å². The van der Waals surface area contributed by atoms with Crippen LogP contribution in [-0.4, -0.2) is 17.0 Å². The van der Waals surface area contributed by atoms with Crippen molar-refractivity contribution in [2.45, 2.75) is 50.7 Å². The van der Waals surface area contributed by atoms with Gasteiger partial charge in [-0.05, 0) is 48.9 Å². The lowest BCUT2D eigenvalue weighted by Gasteiger charge is -2.45. The highest BCUT2D eigenvalue weighted by molar-refractivity contribution is 5.34. The zero-order chi connectivity index (χ0) is 17.1. The Morgan fingerprint density at radius 2 is 1.76 bits per heavy atom. The van der Waals surface area contributed by atoms with Crippen LogP contribution in [0, 0.1) is 11.3 Å². The third kappa shape index (κ3) is 3.67. The lowest BCUT2D eigenvalue weighted by Crippen LogP contribution is -2.48. The Hall–Kier alpha value is -2.37. The molecule has 0 radical (unpaired) electrons. The van der Waals surface area contributed by atoms with Crippen molar-refractivity contribution in [3.05, 3.63) is 82.9 Å². The third-order valence-electron chi connectivity index (χ3n) is 5.58. The van der Waals surface area contributed by atoms with Crippen LogP contribution >= 0.6 is 0 Å². The highest BCUT2D eigenvalue weighted by Crippen LogP contribution is 2.35. The first-order chi connectivity index (χ1) is 12.3. The molecule has 0 N–H and O–H groups in total. The zero-order valence-corrected chi connectivity index (χ0v) is 14.6. The van der Waals surface area contributed by atoms with Crippen molar-refractivity contribution in [3.63, 3.8) is 0 Å². The maximum absolute atomic E-state index is 8.94. The fourth-order valence-corrected chi connectivity index (χ4v) is 4.34. The van der Waals surface area contributed by atoms with E-state index in [0.717, 1.165) is 18.5 Å². The predicted octanol–water partition coefficient (Wildman–Crippen LogP) is 4.85. The van der Waals surface area contributed by atoms with Gasteiger partial charge in [0.25, 0.3) is 0 Å². The molecule has 2 bridgehead atoms. The van der Waals surface area contributed by atoms with Gasteiger partial charge < -0.3 is 0 Å². The monoisotopic (exact) mass is 328 g/mol. The Kier molecular flexibility index (Phi) is 4.68. The van der Waals surface area contributed by atoms with E-state index in [2.05, 4.69) is 59.5 Å². The first kappa shape index (κ1) is 16.1. The Labute approximate surface area is 150 Å². The number of nitrogens with zero attached hydrogens (tertiary/aromatic N) is 2. The molecule has 2 nitrogen and oxygen atoms in total. The average molecular weight is 328 g/mol. The molecule has 2 atom stereocenters. The van der Waals surface area contributed by atoms with Crippen molar-refractivity contribution in [1.82, 2.24) is 4.90 Å². The molecule has 2 aromatic rings. The maximum Gasteiger partial charge on any atom is 0.0991 e. The number of nitriles is 1. The molecule has 25 heavy (non-hydrogen) atoms. The van der Waals surface area contributed by atoms with Gasteiger partial charge in [-0.3, -0.25) is 4.90 Å². The van der Waals surface area contributed by atoms with Crippen LogP contribution in [0.15, 0.2) is 66.2 Å². The molecule has 4 rings (SSSR count). The second-order valence-corrected chi connectivity index (χ2v) is 7.32. The SMILES string of the molecule is N#Cc1ccc(CC2=CC3CCCC(C2)N3Cc2ccccc2)cc1. The normalized spacial score (nSPS) is 22.9. The summed E-state index contributed by atoms with van der Waals surface area (Å²) in [4.78, 5) is 2.71. The quantitative estimate of drug-likeness (QED) is 0.750. The summed E-state index contributed by atoms with van der Waals surface area (Å²) < 4.78 is 0. The maximum atomic E-state index is 8.94. The van der Waals surface area contributed by atoms with E-state index in [9.17, 15) is 0 Å². The number of rotatable bonds is 4. The molecule has 2 aliphatic heterocycles. The van der Waals surface area contributed by atoms with Gasteiger partial charge >= 0.3 is 0 Å². The summed E-state index contributed by atoms with van der Waals surface area (Å²) in [7, 11) is 0. The van der Waals surface area contributed by atoms with Crippen LogP contribution in [0.25, 0.3) is 0 Å². The van der Waals surface area contributed by atoms with E-state index in [1.807, 2.05) is 12.1 Å². The molecule has 2 heterocycles. The summed E-state index contributed by atoms with van der Waals surface area (Å²) in [6, 6.07) is 22.4. The van der Waals surface area contributed by atoms with Gasteiger partial charge in [-0.25, -0.2) is 0 Å². The molecule has 0 saturated carbocycles. The lowest BCUT2D eigenvalue weighted by molar-refractivity contribution is 0.0880. The van der Waals surface area contributed by atoms with E-state index in [1.165, 1.54) is 36.8 Å². The van der Waals surface area contributed by atoms with E-state index in [1.54, 1.807) is 5.57 Å². The van der Waals surface area contributed by atoms with Gasteiger partial charge in [0.2, 0.25) is 0 Å². The number of benzene rings is 2. The van der Waals surface area contributed by atoms with Crippen molar-refractivity contribution in [2.75, 3.05) is 0 Å². The minimum absolute atomic E-state index is 0.584. The first-order valence-corrected chi connectivity index (χ1v) is 9.30. The highest BCUT2D eigenvalue weighted by Gasteiger charge is 2.33. The molecule has 0 aliphatic carbocycles. The van der Waals surface area contributed by atoms with E-state index >= 15 is 0 Å². The molecule has 0 aromatic heterocycles. The topological polar surface area (TPSA) is 27.0 Å². The number of hydrogen-bond donors (Lipinski definition) is 0. The Bertz CT molecular complexity index is 783. The van der Waals surface area contributed by atoms with Gasteiger partial charge in [0.15, 0.2) is 0 Å². The molecule has 2 heteroatoms. The summed E-state index contributed by atoms with van der Waals surface area (Å²) >= 11 is 0. The van der Waals surface area contributed by atoms with E-state index in [4.69, 9.17) is 5.26 Å². The second-order valence-electron chi connectivity index (χ2n) is 7.32. The second kappa shape index (κ2) is 7.25. The number of hydrogen-bond acceptors (Lipinski definition) is 2. The molecule has 1 fully saturated rings. The van der Waals surface area contributed by atoms with Crippen LogP contribution in [0.4, 0.5) is 0 Å². The number of fused-ring (bicyclic) bond motifs is 2. The molecule has 2 aromatic carbocycles. The zero-order valence-electron chi connectivity index (χ0n) is 14.6. The minimum Gasteiger partial charge on any atom is -0.289 e. The Morgan fingerprint density at radius 3 is 2.48 bits per heavy atom. The Balaban J connectivity index is 1.49. The molecule has 0 spiro atoms. The van der Waals surface area contributed by atoms with Crippen LogP contribution in [0.5, 0.6) is 0 Å². The molecule has 0 amide bonds. The van der Waals surface area contributed by atoms with E-state index in [0.29, 0.717) is 12.1 Å². The fourth-order valence-electron chi connectivity index (χ4n) is 4.34. The smallest absolute Gasteiger partial charge is 0.0991 e. The summed E-state index contributed by atoms with van der Waals surface area (Å²) in [5, 5.41) is 8.94. The predicted molar refractivity (Wildman–Crippen MR) is 101 cm³/mol. The largest absolute Gasteiger partial charge is 0.289 e. The van der Waals surface area contributed by atoms with Crippen molar-refractivity contribution in [2.24, 2.45) is 0 Å². The minimum atomic E-state index is 0.584. The van der Waals surface area contributed by atoms with Crippen molar-refractivity contribution >= 4 is 0 Å². The van der Waals surface area contributed by atoms with Gasteiger partial charge in [-0.15, -0.1) is 0 Å². The molecule has 1 saturated heterocycles. The van der Waals surface area contributed by atoms with Gasteiger partial charge in [0.1, 0.15) is 0 Å². The summed E-state index contributed by atoms with van der Waals surface area (Å²) in [6.07, 6.45) is 8.67. The standard InChI is InChI=1S/C23H24N2/c24-16-19-11-9-18(10-12-19)13-21-14-22-7-4-8-23(15-21)25(22)17-20-5-2-1-3-6-20/h1-3,5-6,9-12,14,22-23H,4,7-8,13,15,17H2. The van der Waals surface area contributed by atoms with Crippen LogP contribution in [0.2, 0.25) is 0 Å². The fraction of sp³-hybridized carbons (Fsp3) is 0.348. The molecular formula is C23H24N2. The third-order valence-corrected chi connectivity index (χ3v) is 5.58. The average Bonchev–Trinajstić information content (AvgIpc) is 2.64. The first-order valence-electron chi connectivity index (χ1n) is 9.30. The van der Waals surface area contributed by atoms with E-state index < -0.39 is 0 Å².